The third kappa shape index (κ3) is 7.78. The summed E-state index contributed by atoms with van der Waals surface area (Å²) < 4.78 is 0. The second kappa shape index (κ2) is 12.5. The van der Waals surface area contributed by atoms with E-state index in [4.69, 9.17) is 0 Å². The molecule has 0 aromatic heterocycles. The van der Waals surface area contributed by atoms with E-state index in [-0.39, 0.29) is 5.41 Å². The number of likely N-dealkylation sites (N-methyl/N-ethyl adjacent to an activating group) is 1. The van der Waals surface area contributed by atoms with Gasteiger partial charge in [0.15, 0.2) is 0 Å². The number of allylic oxidation sites excluding steroid dienone is 4. The second-order valence-electron chi connectivity index (χ2n) is 11.2. The molecule has 2 aromatic carbocycles. The van der Waals surface area contributed by atoms with E-state index < -0.39 is 0 Å². The van der Waals surface area contributed by atoms with Gasteiger partial charge in [0.25, 0.3) is 0 Å². The van der Waals surface area contributed by atoms with Gasteiger partial charge in [0.2, 0.25) is 0 Å². The SMILES string of the molecule is C=C(C)C(CCN(Cc1ccccc1C)Cc1ccccc1CC1=CCCC=C1C(C)(C)C)NC. The molecule has 0 bridgehead atoms. The van der Waals surface area contributed by atoms with E-state index in [0.29, 0.717) is 6.04 Å². The Morgan fingerprint density at radius 2 is 1.54 bits per heavy atom. The normalized spacial score (nSPS) is 15.1. The van der Waals surface area contributed by atoms with Crippen LogP contribution in [0.25, 0.3) is 0 Å². The summed E-state index contributed by atoms with van der Waals surface area (Å²) in [6.07, 6.45) is 9.34. The summed E-state index contributed by atoms with van der Waals surface area (Å²) in [5, 5.41) is 3.44. The number of aryl methyl sites for hydroxylation is 1. The monoisotopic (exact) mass is 470 g/mol. The molecule has 1 unspecified atom stereocenters. The molecule has 2 heteroatoms. The topological polar surface area (TPSA) is 15.3 Å². The van der Waals surface area contributed by atoms with Crippen LogP contribution >= 0.6 is 0 Å². The molecule has 0 radical (unpaired) electrons. The Kier molecular flexibility index (Phi) is 9.71. The van der Waals surface area contributed by atoms with Gasteiger partial charge in [-0.05, 0) is 85.4 Å². The fourth-order valence-electron chi connectivity index (χ4n) is 5.20. The van der Waals surface area contributed by atoms with Gasteiger partial charge in [0.05, 0.1) is 0 Å². The maximum absolute atomic E-state index is 4.20. The number of hydrogen-bond donors (Lipinski definition) is 1. The molecular formula is C33H46N2. The van der Waals surface area contributed by atoms with Crippen molar-refractivity contribution in [3.63, 3.8) is 0 Å². The van der Waals surface area contributed by atoms with Gasteiger partial charge in [-0.2, -0.15) is 0 Å². The number of nitrogens with zero attached hydrogens (tertiary/aromatic N) is 1. The molecule has 2 aromatic rings. The van der Waals surface area contributed by atoms with Gasteiger partial charge in [-0.15, -0.1) is 0 Å². The summed E-state index contributed by atoms with van der Waals surface area (Å²) >= 11 is 0. The molecule has 0 saturated carbocycles. The van der Waals surface area contributed by atoms with Crippen molar-refractivity contribution in [2.45, 2.75) is 79.4 Å². The van der Waals surface area contributed by atoms with Crippen LogP contribution in [0.2, 0.25) is 0 Å². The Bertz CT molecular complexity index is 1050. The third-order valence-corrected chi connectivity index (χ3v) is 7.29. The van der Waals surface area contributed by atoms with Crippen molar-refractivity contribution in [2.24, 2.45) is 5.41 Å². The Morgan fingerprint density at radius 1 is 0.943 bits per heavy atom. The molecule has 0 amide bonds. The molecule has 1 aliphatic rings. The summed E-state index contributed by atoms with van der Waals surface area (Å²) in [6.45, 7) is 18.5. The van der Waals surface area contributed by atoms with Crippen LogP contribution in [-0.4, -0.2) is 24.5 Å². The van der Waals surface area contributed by atoms with E-state index in [1.165, 1.54) is 39.0 Å². The molecule has 3 rings (SSSR count). The summed E-state index contributed by atoms with van der Waals surface area (Å²) in [5.74, 6) is 0. The highest BCUT2D eigenvalue weighted by molar-refractivity contribution is 5.43. The highest BCUT2D eigenvalue weighted by Crippen LogP contribution is 2.36. The smallest absolute Gasteiger partial charge is 0.0283 e. The first-order chi connectivity index (χ1) is 16.7. The average molecular weight is 471 g/mol. The highest BCUT2D eigenvalue weighted by Gasteiger charge is 2.23. The van der Waals surface area contributed by atoms with Crippen molar-refractivity contribution < 1.29 is 0 Å². The number of nitrogens with one attached hydrogen (secondary N) is 1. The molecule has 2 nitrogen and oxygen atoms in total. The molecule has 0 aliphatic heterocycles. The summed E-state index contributed by atoms with van der Waals surface area (Å²) in [7, 11) is 2.04. The van der Waals surface area contributed by atoms with Crippen molar-refractivity contribution in [1.82, 2.24) is 10.2 Å². The second-order valence-corrected chi connectivity index (χ2v) is 11.2. The van der Waals surface area contributed by atoms with Crippen molar-refractivity contribution >= 4 is 0 Å². The first-order valence-electron chi connectivity index (χ1n) is 13.3. The minimum Gasteiger partial charge on any atom is -0.313 e. The first-order valence-corrected chi connectivity index (χ1v) is 13.3. The van der Waals surface area contributed by atoms with Gasteiger partial charge in [0.1, 0.15) is 0 Å². The molecule has 0 heterocycles. The van der Waals surface area contributed by atoms with Crippen LogP contribution < -0.4 is 5.32 Å². The van der Waals surface area contributed by atoms with E-state index in [0.717, 1.165) is 45.3 Å². The fraction of sp³-hybridized carbons (Fsp3) is 0.455. The highest BCUT2D eigenvalue weighted by atomic mass is 15.1. The fourth-order valence-corrected chi connectivity index (χ4v) is 5.20. The largest absolute Gasteiger partial charge is 0.313 e. The Labute approximate surface area is 214 Å². The lowest BCUT2D eigenvalue weighted by Gasteiger charge is -2.30. The molecule has 0 saturated heterocycles. The predicted molar refractivity (Wildman–Crippen MR) is 153 cm³/mol. The number of benzene rings is 2. The molecule has 35 heavy (non-hydrogen) atoms. The van der Waals surface area contributed by atoms with E-state index in [9.17, 15) is 0 Å². The maximum Gasteiger partial charge on any atom is 0.0283 e. The maximum atomic E-state index is 4.20. The van der Waals surface area contributed by atoms with Crippen LogP contribution in [0.5, 0.6) is 0 Å². The zero-order valence-electron chi connectivity index (χ0n) is 23.0. The standard InChI is InChI=1S/C33H46N2/c1-25(2)32(34-7)20-21-35(23-29-17-9-8-14-26(29)3)24-30-18-11-10-15-27(30)22-28-16-12-13-19-31(28)33(4,5)6/h8-11,14-19,32,34H,1,12-13,20-24H2,2-7H3. The van der Waals surface area contributed by atoms with Gasteiger partial charge in [-0.3, -0.25) is 4.90 Å². The molecule has 188 valence electrons. The van der Waals surface area contributed by atoms with Gasteiger partial charge in [-0.25, -0.2) is 0 Å². The zero-order chi connectivity index (χ0) is 25.4. The predicted octanol–water partition coefficient (Wildman–Crippen LogP) is 7.79. The van der Waals surface area contributed by atoms with E-state index in [1.807, 2.05) is 7.05 Å². The molecule has 1 aliphatic carbocycles. The van der Waals surface area contributed by atoms with Crippen LogP contribution in [0.4, 0.5) is 0 Å². The van der Waals surface area contributed by atoms with Crippen molar-refractivity contribution in [3.8, 4) is 0 Å². The number of rotatable bonds is 11. The lowest BCUT2D eigenvalue weighted by atomic mass is 9.77. The minimum atomic E-state index is 0.183. The quantitative estimate of drug-likeness (QED) is 0.337. The van der Waals surface area contributed by atoms with Crippen molar-refractivity contribution in [3.05, 3.63) is 106 Å². The summed E-state index contributed by atoms with van der Waals surface area (Å²) in [5.41, 5.74) is 10.1. The summed E-state index contributed by atoms with van der Waals surface area (Å²) in [6, 6.07) is 18.2. The van der Waals surface area contributed by atoms with Crippen molar-refractivity contribution in [1.29, 1.82) is 0 Å². The van der Waals surface area contributed by atoms with E-state index >= 15 is 0 Å². The van der Waals surface area contributed by atoms with Crippen molar-refractivity contribution in [2.75, 3.05) is 13.6 Å². The van der Waals surface area contributed by atoms with E-state index in [1.54, 1.807) is 0 Å². The lowest BCUT2D eigenvalue weighted by molar-refractivity contribution is 0.245. The molecule has 0 spiro atoms. The first kappa shape index (κ1) is 27.2. The molecule has 1 N–H and O–H groups in total. The molecular weight excluding hydrogens is 424 g/mol. The van der Waals surface area contributed by atoms with Gasteiger partial charge < -0.3 is 5.32 Å². The van der Waals surface area contributed by atoms with Crippen LogP contribution in [0, 0.1) is 12.3 Å². The van der Waals surface area contributed by atoms with Crippen LogP contribution in [0.15, 0.2) is 84.0 Å². The molecule has 0 fully saturated rings. The van der Waals surface area contributed by atoms with Crippen LogP contribution in [0.1, 0.15) is 69.2 Å². The minimum absolute atomic E-state index is 0.183. The van der Waals surface area contributed by atoms with Gasteiger partial charge in [-0.1, -0.05) is 93.6 Å². The average Bonchev–Trinajstić information content (AvgIpc) is 2.81. The lowest BCUT2D eigenvalue weighted by Crippen LogP contribution is -2.33. The van der Waals surface area contributed by atoms with Gasteiger partial charge >= 0.3 is 0 Å². The van der Waals surface area contributed by atoms with E-state index in [2.05, 4.69) is 112 Å². The third-order valence-electron chi connectivity index (χ3n) is 7.29. The van der Waals surface area contributed by atoms with Crippen LogP contribution in [0.3, 0.4) is 0 Å². The Hall–Kier alpha value is -2.42. The van der Waals surface area contributed by atoms with Gasteiger partial charge in [0, 0.05) is 25.7 Å². The zero-order valence-corrected chi connectivity index (χ0v) is 23.0. The Balaban J connectivity index is 1.84. The Morgan fingerprint density at radius 3 is 2.17 bits per heavy atom. The number of hydrogen-bond acceptors (Lipinski definition) is 2. The summed E-state index contributed by atoms with van der Waals surface area (Å²) in [4.78, 5) is 2.62. The van der Waals surface area contributed by atoms with Crippen LogP contribution in [-0.2, 0) is 19.5 Å². The molecule has 1 atom stereocenters.